The smallest absolute Gasteiger partial charge is 0.343 e. The summed E-state index contributed by atoms with van der Waals surface area (Å²) >= 11 is 1.52. The Balaban J connectivity index is 1.79. The van der Waals surface area contributed by atoms with Crippen LogP contribution in [0.2, 0.25) is 0 Å². The van der Waals surface area contributed by atoms with Crippen molar-refractivity contribution in [3.05, 3.63) is 88.3 Å². The van der Waals surface area contributed by atoms with Crippen molar-refractivity contribution in [2.75, 3.05) is 23.3 Å². The van der Waals surface area contributed by atoms with E-state index in [1.165, 1.54) is 11.8 Å². The summed E-state index contributed by atoms with van der Waals surface area (Å²) in [4.78, 5) is 28.8. The van der Waals surface area contributed by atoms with E-state index in [-0.39, 0.29) is 5.56 Å². The third-order valence-corrected chi connectivity index (χ3v) is 7.36. The van der Waals surface area contributed by atoms with Crippen molar-refractivity contribution in [3.8, 4) is 11.1 Å². The molecule has 0 saturated carbocycles. The maximum Gasteiger partial charge on any atom is 0.343 e. The zero-order chi connectivity index (χ0) is 23.8. The summed E-state index contributed by atoms with van der Waals surface area (Å²) in [6.07, 6.45) is 0. The van der Waals surface area contributed by atoms with Gasteiger partial charge in [-0.05, 0) is 49.7 Å². The van der Waals surface area contributed by atoms with Crippen molar-refractivity contribution in [1.82, 2.24) is 0 Å². The molecule has 1 atom stereocenters. The minimum atomic E-state index is -1.04. The lowest BCUT2D eigenvalue weighted by Gasteiger charge is -2.22. The summed E-state index contributed by atoms with van der Waals surface area (Å²) < 4.78 is 5.86. The molecule has 0 bridgehead atoms. The minimum Gasteiger partial charge on any atom is -0.478 e. The molecule has 0 fully saturated rings. The van der Waals surface area contributed by atoms with Crippen LogP contribution >= 0.6 is 11.8 Å². The van der Waals surface area contributed by atoms with Crippen LogP contribution in [0.15, 0.2) is 80.8 Å². The first-order valence-corrected chi connectivity index (χ1v) is 12.1. The van der Waals surface area contributed by atoms with E-state index >= 15 is 0 Å². The van der Waals surface area contributed by atoms with Crippen LogP contribution in [0.1, 0.15) is 35.1 Å². The van der Waals surface area contributed by atoms with Crippen LogP contribution in [0.5, 0.6) is 0 Å². The molecule has 1 unspecified atom stereocenters. The van der Waals surface area contributed by atoms with E-state index in [1.807, 2.05) is 42.5 Å². The fourth-order valence-electron chi connectivity index (χ4n) is 4.52. The molecule has 0 radical (unpaired) electrons. The quantitative estimate of drug-likeness (QED) is 0.322. The van der Waals surface area contributed by atoms with Gasteiger partial charge in [-0.1, -0.05) is 42.1 Å². The van der Waals surface area contributed by atoms with E-state index < -0.39 is 17.0 Å². The maximum absolute atomic E-state index is 13.5. The average Bonchev–Trinajstić information content (AvgIpc) is 3.27. The number of fused-ring (bicyclic) bond motifs is 2. The van der Waals surface area contributed by atoms with Gasteiger partial charge in [-0.15, -0.1) is 0 Å². The number of hydrogen-bond acceptors (Lipinski definition) is 6. The van der Waals surface area contributed by atoms with Gasteiger partial charge in [0.15, 0.2) is 0 Å². The number of thioether (sulfide) groups is 1. The van der Waals surface area contributed by atoms with Gasteiger partial charge in [-0.2, -0.15) is 0 Å². The summed E-state index contributed by atoms with van der Waals surface area (Å²) in [5.74, 6) is -1.04. The standard InChI is InChI=1S/C27H24N2O4S/c1-3-29(4-2)16-13-14-19-21(15-16)33-27(32)24(25-28-20-11-7-8-12-22(20)34-25)23(19)17-9-5-6-10-18(17)26(30)31/h5-15,25,28H,3-4H2,1-2H3,(H,30,31). The minimum absolute atomic E-state index is 0.143. The van der Waals surface area contributed by atoms with Crippen molar-refractivity contribution in [2.45, 2.75) is 24.1 Å². The number of benzene rings is 3. The Morgan fingerprint density at radius 3 is 2.53 bits per heavy atom. The highest BCUT2D eigenvalue weighted by atomic mass is 32.2. The normalized spacial score (nSPS) is 14.6. The number of carboxylic acids is 1. The van der Waals surface area contributed by atoms with Crippen LogP contribution < -0.4 is 15.8 Å². The van der Waals surface area contributed by atoms with Gasteiger partial charge in [0.1, 0.15) is 11.0 Å². The molecular weight excluding hydrogens is 448 g/mol. The predicted molar refractivity (Wildman–Crippen MR) is 137 cm³/mol. The second-order valence-electron chi connectivity index (χ2n) is 8.02. The van der Waals surface area contributed by atoms with E-state index in [1.54, 1.807) is 24.3 Å². The molecule has 0 aliphatic carbocycles. The van der Waals surface area contributed by atoms with Crippen molar-refractivity contribution in [3.63, 3.8) is 0 Å². The summed E-state index contributed by atoms with van der Waals surface area (Å²) in [7, 11) is 0. The number of carboxylic acid groups (broad SMARTS) is 1. The first-order valence-electron chi connectivity index (χ1n) is 11.2. The lowest BCUT2D eigenvalue weighted by atomic mass is 9.93. The van der Waals surface area contributed by atoms with Gasteiger partial charge < -0.3 is 19.7 Å². The third kappa shape index (κ3) is 3.72. The fourth-order valence-corrected chi connectivity index (χ4v) is 5.71. The van der Waals surface area contributed by atoms with Gasteiger partial charge in [-0.25, -0.2) is 9.59 Å². The first kappa shape index (κ1) is 22.1. The van der Waals surface area contributed by atoms with E-state index in [9.17, 15) is 14.7 Å². The molecule has 1 aromatic heterocycles. The summed E-state index contributed by atoms with van der Waals surface area (Å²) in [6.45, 7) is 5.78. The highest BCUT2D eigenvalue weighted by Gasteiger charge is 2.31. The van der Waals surface area contributed by atoms with Crippen molar-refractivity contribution >= 4 is 40.1 Å². The molecule has 0 spiro atoms. The zero-order valence-corrected chi connectivity index (χ0v) is 19.7. The second-order valence-corrected chi connectivity index (χ2v) is 9.17. The zero-order valence-electron chi connectivity index (χ0n) is 18.9. The van der Waals surface area contributed by atoms with Crippen molar-refractivity contribution in [1.29, 1.82) is 0 Å². The number of rotatable bonds is 6. The lowest BCUT2D eigenvalue weighted by molar-refractivity contribution is 0.0697. The van der Waals surface area contributed by atoms with Gasteiger partial charge in [0.2, 0.25) is 0 Å². The monoisotopic (exact) mass is 472 g/mol. The van der Waals surface area contributed by atoms with Crippen molar-refractivity contribution < 1.29 is 14.3 Å². The highest BCUT2D eigenvalue weighted by Crippen LogP contribution is 2.49. The van der Waals surface area contributed by atoms with E-state index in [2.05, 4.69) is 24.1 Å². The van der Waals surface area contributed by atoms with Crippen LogP contribution in [0.3, 0.4) is 0 Å². The molecule has 34 heavy (non-hydrogen) atoms. The molecule has 4 aromatic rings. The van der Waals surface area contributed by atoms with E-state index in [0.717, 1.165) is 29.4 Å². The number of anilines is 2. The van der Waals surface area contributed by atoms with Crippen molar-refractivity contribution in [2.24, 2.45) is 0 Å². The second kappa shape index (κ2) is 8.91. The molecule has 7 heteroatoms. The summed E-state index contributed by atoms with van der Waals surface area (Å²) in [5.41, 5.74) is 3.50. The Morgan fingerprint density at radius 2 is 1.79 bits per heavy atom. The molecule has 172 valence electrons. The number of nitrogens with one attached hydrogen (secondary N) is 1. The number of carbonyl (C=O) groups is 1. The number of aromatic carboxylic acids is 1. The van der Waals surface area contributed by atoms with Crippen LogP contribution in [-0.2, 0) is 0 Å². The van der Waals surface area contributed by atoms with Gasteiger partial charge in [0.05, 0.1) is 11.1 Å². The fraction of sp³-hybridized carbons (Fsp3) is 0.185. The molecule has 6 nitrogen and oxygen atoms in total. The van der Waals surface area contributed by atoms with Gasteiger partial charge in [-0.3, -0.25) is 0 Å². The van der Waals surface area contributed by atoms with E-state index in [4.69, 9.17) is 4.42 Å². The predicted octanol–water partition coefficient (Wildman–Crippen LogP) is 6.22. The highest BCUT2D eigenvalue weighted by molar-refractivity contribution is 8.00. The largest absolute Gasteiger partial charge is 0.478 e. The van der Waals surface area contributed by atoms with Gasteiger partial charge in [0.25, 0.3) is 0 Å². The van der Waals surface area contributed by atoms with Crippen LogP contribution in [0, 0.1) is 0 Å². The Labute approximate surface area is 201 Å². The molecule has 1 aliphatic heterocycles. The molecule has 5 rings (SSSR count). The molecule has 2 heterocycles. The van der Waals surface area contributed by atoms with Crippen LogP contribution in [0.25, 0.3) is 22.1 Å². The average molecular weight is 473 g/mol. The Morgan fingerprint density at radius 1 is 1.06 bits per heavy atom. The van der Waals surface area contributed by atoms with E-state index in [0.29, 0.717) is 27.7 Å². The number of nitrogens with zero attached hydrogens (tertiary/aromatic N) is 1. The van der Waals surface area contributed by atoms with Crippen LogP contribution in [-0.4, -0.2) is 24.2 Å². The van der Waals surface area contributed by atoms with Gasteiger partial charge in [0, 0.05) is 46.4 Å². The van der Waals surface area contributed by atoms with Gasteiger partial charge >= 0.3 is 11.6 Å². The third-order valence-electron chi connectivity index (χ3n) is 6.16. The maximum atomic E-state index is 13.5. The Kier molecular flexibility index (Phi) is 5.79. The molecule has 0 amide bonds. The SMILES string of the molecule is CCN(CC)c1ccc2c(-c3ccccc3C(=O)O)c(C3Nc4ccccc4S3)c(=O)oc2c1. The van der Waals surface area contributed by atoms with Crippen LogP contribution in [0.4, 0.5) is 11.4 Å². The number of para-hydroxylation sites is 1. The Bertz CT molecular complexity index is 1430. The summed E-state index contributed by atoms with van der Waals surface area (Å²) in [6, 6.07) is 20.4. The lowest BCUT2D eigenvalue weighted by Crippen LogP contribution is -2.22. The molecule has 1 aliphatic rings. The first-order chi connectivity index (χ1) is 16.5. The molecule has 2 N–H and O–H groups in total. The topological polar surface area (TPSA) is 82.8 Å². The number of hydrogen-bond donors (Lipinski definition) is 2. The molecule has 0 saturated heterocycles. The molecular formula is C27H24N2O4S. The molecule has 3 aromatic carbocycles. The Hall–Kier alpha value is -3.71. The summed E-state index contributed by atoms with van der Waals surface area (Å²) in [5, 5.41) is 13.6.